The lowest BCUT2D eigenvalue weighted by Crippen LogP contribution is -2.53. The zero-order valence-corrected chi connectivity index (χ0v) is 13.1. The number of ether oxygens (including phenoxy) is 2. The zero-order valence-electron chi connectivity index (χ0n) is 13.1. The fourth-order valence-electron chi connectivity index (χ4n) is 1.63. The number of carboxylic acids is 1. The van der Waals surface area contributed by atoms with Gasteiger partial charge in [0.2, 0.25) is 0 Å². The van der Waals surface area contributed by atoms with E-state index in [4.69, 9.17) is 9.84 Å². The molecule has 0 saturated carbocycles. The first-order valence-corrected chi connectivity index (χ1v) is 7.03. The third-order valence-electron chi connectivity index (χ3n) is 3.19. The van der Waals surface area contributed by atoms with Gasteiger partial charge in [0.15, 0.2) is 24.7 Å². The van der Waals surface area contributed by atoms with E-state index in [1.807, 2.05) is 0 Å². The summed E-state index contributed by atoms with van der Waals surface area (Å²) in [7, 11) is 0. The molecule has 134 valence electrons. The molecule has 0 saturated heterocycles. The molecule has 1 amide bonds. The minimum atomic E-state index is -4.51. The van der Waals surface area contributed by atoms with Crippen LogP contribution < -0.4 is 14.8 Å². The maximum Gasteiger partial charge on any atom is 0.422 e. The number of amides is 1. The average molecular weight is 349 g/mol. The van der Waals surface area contributed by atoms with Crippen molar-refractivity contribution in [2.45, 2.75) is 32.0 Å². The number of alkyl halides is 3. The van der Waals surface area contributed by atoms with Crippen molar-refractivity contribution in [2.24, 2.45) is 0 Å². The highest BCUT2D eigenvalue weighted by Crippen LogP contribution is 2.28. The number of carbonyl (C=O) groups is 2. The molecule has 0 aliphatic rings. The predicted molar refractivity (Wildman–Crippen MR) is 78.0 cm³/mol. The minimum absolute atomic E-state index is 0.0505. The van der Waals surface area contributed by atoms with Crippen molar-refractivity contribution in [1.82, 2.24) is 5.32 Å². The van der Waals surface area contributed by atoms with Crippen LogP contribution in [-0.2, 0) is 9.59 Å². The highest BCUT2D eigenvalue weighted by molar-refractivity contribution is 5.87. The summed E-state index contributed by atoms with van der Waals surface area (Å²) in [6.07, 6.45) is -4.35. The van der Waals surface area contributed by atoms with Crippen molar-refractivity contribution < 1.29 is 37.3 Å². The first kappa shape index (κ1) is 19.6. The van der Waals surface area contributed by atoms with Gasteiger partial charge in [-0.15, -0.1) is 0 Å². The Hall–Kier alpha value is -2.45. The summed E-state index contributed by atoms with van der Waals surface area (Å²) in [4.78, 5) is 22.9. The average Bonchev–Trinajstić information content (AvgIpc) is 2.50. The van der Waals surface area contributed by atoms with Gasteiger partial charge >= 0.3 is 12.1 Å². The smallest absolute Gasteiger partial charge is 0.422 e. The Labute approximate surface area is 136 Å². The monoisotopic (exact) mass is 349 g/mol. The number of aliphatic carboxylic acids is 1. The lowest BCUT2D eigenvalue weighted by molar-refractivity contribution is -0.153. The van der Waals surface area contributed by atoms with Crippen LogP contribution in [0.25, 0.3) is 0 Å². The van der Waals surface area contributed by atoms with Gasteiger partial charge in [0.25, 0.3) is 5.91 Å². The molecule has 9 heteroatoms. The molecule has 1 unspecified atom stereocenters. The summed E-state index contributed by atoms with van der Waals surface area (Å²) in [6, 6.07) is 5.57. The third kappa shape index (κ3) is 5.98. The second-order valence-corrected chi connectivity index (χ2v) is 5.18. The second kappa shape index (κ2) is 7.89. The Morgan fingerprint density at radius 1 is 1.17 bits per heavy atom. The van der Waals surface area contributed by atoms with Gasteiger partial charge < -0.3 is 19.9 Å². The van der Waals surface area contributed by atoms with Crippen LogP contribution in [-0.4, -0.2) is 41.9 Å². The number of benzene rings is 1. The van der Waals surface area contributed by atoms with Gasteiger partial charge in [-0.1, -0.05) is 19.1 Å². The van der Waals surface area contributed by atoms with Crippen LogP contribution in [0.5, 0.6) is 11.5 Å². The number of nitrogens with one attached hydrogen (secondary N) is 1. The van der Waals surface area contributed by atoms with Crippen molar-refractivity contribution in [3.05, 3.63) is 24.3 Å². The maximum atomic E-state index is 12.2. The molecule has 0 radical (unpaired) electrons. The quantitative estimate of drug-likeness (QED) is 0.753. The first-order chi connectivity index (χ1) is 11.1. The molecule has 24 heavy (non-hydrogen) atoms. The van der Waals surface area contributed by atoms with Gasteiger partial charge in [-0.05, 0) is 25.5 Å². The van der Waals surface area contributed by atoms with E-state index in [1.54, 1.807) is 6.92 Å². The third-order valence-corrected chi connectivity index (χ3v) is 3.19. The summed E-state index contributed by atoms with van der Waals surface area (Å²) in [6.45, 7) is 0.880. The fourth-order valence-corrected chi connectivity index (χ4v) is 1.63. The zero-order chi connectivity index (χ0) is 18.4. The van der Waals surface area contributed by atoms with Gasteiger partial charge in [0.1, 0.15) is 5.54 Å². The Kier molecular flexibility index (Phi) is 6.44. The molecule has 0 aliphatic carbocycles. The number of halogens is 3. The molecule has 2 N–H and O–H groups in total. The van der Waals surface area contributed by atoms with Gasteiger partial charge in [0, 0.05) is 0 Å². The van der Waals surface area contributed by atoms with E-state index in [-0.39, 0.29) is 17.9 Å². The number of para-hydroxylation sites is 2. The van der Waals surface area contributed by atoms with Crippen molar-refractivity contribution >= 4 is 11.9 Å². The Bertz CT molecular complexity index is 591. The summed E-state index contributed by atoms with van der Waals surface area (Å²) < 4.78 is 46.4. The van der Waals surface area contributed by atoms with Crippen LogP contribution in [0.3, 0.4) is 0 Å². The standard InChI is InChI=1S/C15H18F3NO5/c1-3-14(2,13(21)22)19-12(20)8-23-10-6-4-5-7-11(10)24-9-15(16,17)18/h4-7H,3,8-9H2,1-2H3,(H,19,20)(H,21,22). The van der Waals surface area contributed by atoms with Gasteiger partial charge in [-0.3, -0.25) is 4.79 Å². The van der Waals surface area contributed by atoms with Crippen LogP contribution >= 0.6 is 0 Å². The van der Waals surface area contributed by atoms with E-state index < -0.39 is 36.8 Å². The summed E-state index contributed by atoms with van der Waals surface area (Å²) >= 11 is 0. The molecule has 6 nitrogen and oxygen atoms in total. The number of carbonyl (C=O) groups excluding carboxylic acids is 1. The molecule has 0 aliphatic heterocycles. The van der Waals surface area contributed by atoms with Crippen LogP contribution in [0.15, 0.2) is 24.3 Å². The van der Waals surface area contributed by atoms with Crippen molar-refractivity contribution in [2.75, 3.05) is 13.2 Å². The highest BCUT2D eigenvalue weighted by Gasteiger charge is 2.33. The van der Waals surface area contributed by atoms with E-state index in [2.05, 4.69) is 10.1 Å². The molecule has 0 bridgehead atoms. The van der Waals surface area contributed by atoms with E-state index in [1.165, 1.54) is 31.2 Å². The lowest BCUT2D eigenvalue weighted by Gasteiger charge is -2.24. The molecule has 0 fully saturated rings. The first-order valence-electron chi connectivity index (χ1n) is 7.03. The van der Waals surface area contributed by atoms with Gasteiger partial charge in [-0.2, -0.15) is 13.2 Å². The van der Waals surface area contributed by atoms with Crippen LogP contribution in [0.2, 0.25) is 0 Å². The Morgan fingerprint density at radius 3 is 2.17 bits per heavy atom. The molecule has 1 atom stereocenters. The number of carboxylic acid groups (broad SMARTS) is 1. The van der Waals surface area contributed by atoms with Crippen LogP contribution in [0.4, 0.5) is 13.2 Å². The minimum Gasteiger partial charge on any atom is -0.480 e. The molecule has 1 rings (SSSR count). The second-order valence-electron chi connectivity index (χ2n) is 5.18. The summed E-state index contributed by atoms with van der Waals surface area (Å²) in [5.41, 5.74) is -1.45. The summed E-state index contributed by atoms with van der Waals surface area (Å²) in [5, 5.41) is 11.4. The highest BCUT2D eigenvalue weighted by atomic mass is 19.4. The topological polar surface area (TPSA) is 84.9 Å². The normalized spacial score (nSPS) is 13.7. The van der Waals surface area contributed by atoms with Gasteiger partial charge in [0.05, 0.1) is 0 Å². The molecule has 1 aromatic rings. The largest absolute Gasteiger partial charge is 0.480 e. The number of hydrogen-bond donors (Lipinski definition) is 2. The van der Waals surface area contributed by atoms with E-state index in [0.717, 1.165) is 0 Å². The number of rotatable bonds is 8. The molecule has 0 spiro atoms. The Balaban J connectivity index is 2.67. The molecule has 0 heterocycles. The SMILES string of the molecule is CCC(C)(NC(=O)COc1ccccc1OCC(F)(F)F)C(=O)O. The molecule has 0 aromatic heterocycles. The van der Waals surface area contributed by atoms with Crippen LogP contribution in [0.1, 0.15) is 20.3 Å². The lowest BCUT2D eigenvalue weighted by atomic mass is 9.99. The van der Waals surface area contributed by atoms with Crippen LogP contribution in [0, 0.1) is 0 Å². The van der Waals surface area contributed by atoms with E-state index in [0.29, 0.717) is 0 Å². The van der Waals surface area contributed by atoms with Crippen molar-refractivity contribution in [3.8, 4) is 11.5 Å². The maximum absolute atomic E-state index is 12.2. The van der Waals surface area contributed by atoms with E-state index in [9.17, 15) is 22.8 Å². The molecular formula is C15H18F3NO5. The Morgan fingerprint density at radius 2 is 1.71 bits per heavy atom. The molecule has 1 aromatic carbocycles. The van der Waals surface area contributed by atoms with Gasteiger partial charge in [-0.25, -0.2) is 4.79 Å². The fraction of sp³-hybridized carbons (Fsp3) is 0.467. The van der Waals surface area contributed by atoms with Crippen molar-refractivity contribution in [1.29, 1.82) is 0 Å². The molecular weight excluding hydrogens is 331 g/mol. The van der Waals surface area contributed by atoms with Crippen molar-refractivity contribution in [3.63, 3.8) is 0 Å². The predicted octanol–water partition coefficient (Wildman–Crippen LogP) is 2.38. The van der Waals surface area contributed by atoms with E-state index >= 15 is 0 Å². The number of hydrogen-bond acceptors (Lipinski definition) is 4. The summed E-state index contributed by atoms with van der Waals surface area (Å²) in [5.74, 6) is -2.14.